The van der Waals surface area contributed by atoms with Crippen LogP contribution in [0.2, 0.25) is 0 Å². The van der Waals surface area contributed by atoms with Crippen LogP contribution >= 0.6 is 11.6 Å². The first-order chi connectivity index (χ1) is 7.86. The molecule has 0 atom stereocenters. The summed E-state index contributed by atoms with van der Waals surface area (Å²) < 4.78 is 0. The SMILES string of the molecule is O=Cc1ccc2ccccc2c1C#CCCl. The lowest BCUT2D eigenvalue weighted by molar-refractivity contribution is 0.112. The van der Waals surface area contributed by atoms with Crippen LogP contribution in [0.5, 0.6) is 0 Å². The van der Waals surface area contributed by atoms with Gasteiger partial charge >= 0.3 is 0 Å². The summed E-state index contributed by atoms with van der Waals surface area (Å²) in [7, 11) is 0. The third-order valence-electron chi connectivity index (χ3n) is 2.37. The van der Waals surface area contributed by atoms with Crippen LogP contribution in [0.4, 0.5) is 0 Å². The zero-order valence-electron chi connectivity index (χ0n) is 8.53. The van der Waals surface area contributed by atoms with Gasteiger partial charge in [-0.05, 0) is 16.8 Å². The van der Waals surface area contributed by atoms with Gasteiger partial charge in [-0.2, -0.15) is 0 Å². The van der Waals surface area contributed by atoms with E-state index in [4.69, 9.17) is 11.6 Å². The fourth-order valence-corrected chi connectivity index (χ4v) is 1.71. The topological polar surface area (TPSA) is 17.1 Å². The molecule has 0 heterocycles. The molecule has 2 rings (SSSR count). The van der Waals surface area contributed by atoms with Crippen LogP contribution in [0.25, 0.3) is 10.8 Å². The average Bonchev–Trinajstić information content (AvgIpc) is 2.35. The van der Waals surface area contributed by atoms with E-state index in [9.17, 15) is 4.79 Å². The first kappa shape index (κ1) is 10.7. The first-order valence-electron chi connectivity index (χ1n) is 4.88. The Hall–Kier alpha value is -1.78. The van der Waals surface area contributed by atoms with Gasteiger partial charge in [0.05, 0.1) is 5.88 Å². The average molecular weight is 229 g/mol. The highest BCUT2D eigenvalue weighted by Crippen LogP contribution is 2.20. The van der Waals surface area contributed by atoms with Crippen molar-refractivity contribution in [2.75, 3.05) is 5.88 Å². The molecule has 2 aromatic rings. The fraction of sp³-hybridized carbons (Fsp3) is 0.0714. The molecule has 1 nitrogen and oxygen atoms in total. The van der Waals surface area contributed by atoms with Gasteiger partial charge in [0.1, 0.15) is 0 Å². The van der Waals surface area contributed by atoms with E-state index >= 15 is 0 Å². The van der Waals surface area contributed by atoms with Crippen LogP contribution in [0, 0.1) is 11.8 Å². The molecule has 0 unspecified atom stereocenters. The number of hydrogen-bond acceptors (Lipinski definition) is 1. The Balaban J connectivity index is 2.77. The third-order valence-corrected chi connectivity index (χ3v) is 2.50. The number of aldehydes is 1. The van der Waals surface area contributed by atoms with Gasteiger partial charge < -0.3 is 0 Å². The summed E-state index contributed by atoms with van der Waals surface area (Å²) in [5.41, 5.74) is 1.37. The number of rotatable bonds is 1. The van der Waals surface area contributed by atoms with Crippen molar-refractivity contribution < 1.29 is 4.79 Å². The Kier molecular flexibility index (Phi) is 3.24. The van der Waals surface area contributed by atoms with Gasteiger partial charge in [0, 0.05) is 11.1 Å². The smallest absolute Gasteiger partial charge is 0.151 e. The largest absolute Gasteiger partial charge is 0.298 e. The lowest BCUT2D eigenvalue weighted by Gasteiger charge is -2.03. The van der Waals surface area contributed by atoms with E-state index in [-0.39, 0.29) is 5.88 Å². The first-order valence-corrected chi connectivity index (χ1v) is 5.42. The molecule has 0 saturated carbocycles. The van der Waals surface area contributed by atoms with Crippen LogP contribution < -0.4 is 0 Å². The van der Waals surface area contributed by atoms with E-state index < -0.39 is 0 Å². The Morgan fingerprint density at radius 2 is 2.00 bits per heavy atom. The van der Waals surface area contributed by atoms with Crippen molar-refractivity contribution >= 4 is 28.7 Å². The van der Waals surface area contributed by atoms with Crippen LogP contribution in [0.1, 0.15) is 15.9 Å². The second-order valence-corrected chi connectivity index (χ2v) is 3.57. The zero-order chi connectivity index (χ0) is 11.4. The fourth-order valence-electron chi connectivity index (χ4n) is 1.65. The highest BCUT2D eigenvalue weighted by atomic mass is 35.5. The summed E-state index contributed by atoms with van der Waals surface area (Å²) in [5, 5.41) is 2.07. The van der Waals surface area contributed by atoms with Gasteiger partial charge in [0.25, 0.3) is 0 Å². The molecule has 16 heavy (non-hydrogen) atoms. The van der Waals surface area contributed by atoms with Crippen LogP contribution in [-0.2, 0) is 0 Å². The molecule has 0 amide bonds. The minimum atomic E-state index is 0.265. The maximum Gasteiger partial charge on any atom is 0.151 e. The monoisotopic (exact) mass is 228 g/mol. The molecule has 0 saturated heterocycles. The van der Waals surface area contributed by atoms with E-state index in [1.165, 1.54) is 0 Å². The van der Waals surface area contributed by atoms with Crippen LogP contribution in [0.3, 0.4) is 0 Å². The molecule has 2 heteroatoms. The summed E-state index contributed by atoms with van der Waals surface area (Å²) in [4.78, 5) is 10.9. The zero-order valence-corrected chi connectivity index (χ0v) is 9.29. The number of carbonyl (C=O) groups excluding carboxylic acids is 1. The van der Waals surface area contributed by atoms with Crippen molar-refractivity contribution in [3.63, 3.8) is 0 Å². The Bertz CT molecular complexity index is 590. The molecule has 78 valence electrons. The molecule has 0 spiro atoms. The van der Waals surface area contributed by atoms with E-state index in [2.05, 4.69) is 11.8 Å². The van der Waals surface area contributed by atoms with Crippen molar-refractivity contribution in [3.8, 4) is 11.8 Å². The van der Waals surface area contributed by atoms with Crippen molar-refractivity contribution in [1.29, 1.82) is 0 Å². The predicted molar refractivity (Wildman–Crippen MR) is 66.9 cm³/mol. The van der Waals surface area contributed by atoms with E-state index in [1.807, 2.05) is 30.3 Å². The van der Waals surface area contributed by atoms with Gasteiger partial charge in [-0.25, -0.2) is 0 Å². The minimum Gasteiger partial charge on any atom is -0.298 e. The Labute approximate surface area is 99.0 Å². The summed E-state index contributed by atoms with van der Waals surface area (Å²) in [6, 6.07) is 11.6. The Morgan fingerprint density at radius 1 is 1.19 bits per heavy atom. The molecule has 0 aliphatic carbocycles. The quantitative estimate of drug-likeness (QED) is 0.416. The maximum atomic E-state index is 10.9. The van der Waals surface area contributed by atoms with Crippen LogP contribution in [0.15, 0.2) is 36.4 Å². The predicted octanol–water partition coefficient (Wildman–Crippen LogP) is 3.24. The Morgan fingerprint density at radius 3 is 2.75 bits per heavy atom. The molecule has 2 aromatic carbocycles. The van der Waals surface area contributed by atoms with Crippen molar-refractivity contribution in [3.05, 3.63) is 47.5 Å². The molecule has 0 fully saturated rings. The van der Waals surface area contributed by atoms with Crippen molar-refractivity contribution in [2.24, 2.45) is 0 Å². The normalized spacial score (nSPS) is 9.56. The molecule has 0 radical (unpaired) electrons. The molecular formula is C14H9ClO. The molecule has 0 aromatic heterocycles. The number of halogens is 1. The van der Waals surface area contributed by atoms with Gasteiger partial charge in [-0.1, -0.05) is 42.2 Å². The lowest BCUT2D eigenvalue weighted by atomic mass is 10.00. The number of fused-ring (bicyclic) bond motifs is 1. The number of carbonyl (C=O) groups is 1. The summed E-state index contributed by atoms with van der Waals surface area (Å²) >= 11 is 5.54. The van der Waals surface area contributed by atoms with Gasteiger partial charge in [0.15, 0.2) is 6.29 Å². The van der Waals surface area contributed by atoms with Gasteiger partial charge in [0.2, 0.25) is 0 Å². The standard InChI is InChI=1S/C14H9ClO/c15-9-3-6-14-12(10-16)8-7-11-4-1-2-5-13(11)14/h1-2,4-5,7-8,10H,9H2. The lowest BCUT2D eigenvalue weighted by Crippen LogP contribution is -1.89. The maximum absolute atomic E-state index is 10.9. The number of hydrogen-bond donors (Lipinski definition) is 0. The van der Waals surface area contributed by atoms with E-state index in [0.717, 1.165) is 22.6 Å². The second kappa shape index (κ2) is 4.83. The summed E-state index contributed by atoms with van der Waals surface area (Å²) in [6.07, 6.45) is 0.824. The van der Waals surface area contributed by atoms with Gasteiger partial charge in [-0.15, -0.1) is 11.6 Å². The number of benzene rings is 2. The molecule has 0 N–H and O–H groups in total. The van der Waals surface area contributed by atoms with Crippen LogP contribution in [-0.4, -0.2) is 12.2 Å². The van der Waals surface area contributed by atoms with Gasteiger partial charge in [-0.3, -0.25) is 4.79 Å². The summed E-state index contributed by atoms with van der Waals surface area (Å²) in [5.74, 6) is 6.00. The van der Waals surface area contributed by atoms with E-state index in [1.54, 1.807) is 6.07 Å². The van der Waals surface area contributed by atoms with E-state index in [0.29, 0.717) is 5.56 Å². The third kappa shape index (κ3) is 1.93. The highest BCUT2D eigenvalue weighted by molar-refractivity contribution is 6.19. The number of alkyl halides is 1. The minimum absolute atomic E-state index is 0.265. The van der Waals surface area contributed by atoms with Crippen molar-refractivity contribution in [1.82, 2.24) is 0 Å². The molecule has 0 aliphatic rings. The molecule has 0 bridgehead atoms. The molecule has 0 aliphatic heterocycles. The highest BCUT2D eigenvalue weighted by Gasteiger charge is 2.03. The molecular weight excluding hydrogens is 220 g/mol. The van der Waals surface area contributed by atoms with Crippen molar-refractivity contribution in [2.45, 2.75) is 0 Å². The second-order valence-electron chi connectivity index (χ2n) is 3.30. The summed E-state index contributed by atoms with van der Waals surface area (Å²) in [6.45, 7) is 0.